The summed E-state index contributed by atoms with van der Waals surface area (Å²) >= 11 is 0. The number of nitrogens with one attached hydrogen (secondary N) is 1. The van der Waals surface area contributed by atoms with Gasteiger partial charge in [-0.1, -0.05) is 42.5 Å². The number of H-pyrrole nitrogens is 1. The molecular formula is C25H26N4O. The van der Waals surface area contributed by atoms with E-state index in [1.54, 1.807) is 0 Å². The Balaban J connectivity index is 1.16. The predicted molar refractivity (Wildman–Crippen MR) is 120 cm³/mol. The summed E-state index contributed by atoms with van der Waals surface area (Å²) in [5.41, 5.74) is 4.70. The molecule has 1 saturated heterocycles. The van der Waals surface area contributed by atoms with Crippen molar-refractivity contribution in [3.63, 3.8) is 0 Å². The van der Waals surface area contributed by atoms with Crippen LogP contribution in [0.3, 0.4) is 0 Å². The van der Waals surface area contributed by atoms with Gasteiger partial charge in [0.25, 0.3) is 0 Å². The van der Waals surface area contributed by atoms with Crippen LogP contribution in [-0.4, -0.2) is 51.9 Å². The average Bonchev–Trinajstić information content (AvgIpc) is 3.21. The number of hydrogen-bond acceptors (Lipinski definition) is 3. The van der Waals surface area contributed by atoms with E-state index in [0.29, 0.717) is 6.42 Å². The molecule has 0 radical (unpaired) electrons. The second-order valence-electron chi connectivity index (χ2n) is 8.01. The Kier molecular flexibility index (Phi) is 5.20. The summed E-state index contributed by atoms with van der Waals surface area (Å²) in [6, 6.07) is 18.7. The van der Waals surface area contributed by atoms with Gasteiger partial charge < -0.3 is 9.88 Å². The number of carbonyl (C=O) groups excluding carboxylic acids is 1. The fourth-order valence-electron chi connectivity index (χ4n) is 4.43. The van der Waals surface area contributed by atoms with Gasteiger partial charge in [0, 0.05) is 67.8 Å². The molecule has 5 heteroatoms. The fourth-order valence-corrected chi connectivity index (χ4v) is 4.43. The highest BCUT2D eigenvalue weighted by Gasteiger charge is 2.21. The van der Waals surface area contributed by atoms with Crippen LogP contribution in [-0.2, 0) is 17.8 Å². The van der Waals surface area contributed by atoms with Crippen molar-refractivity contribution >= 4 is 27.7 Å². The third-order valence-corrected chi connectivity index (χ3v) is 6.12. The highest BCUT2D eigenvalue weighted by Crippen LogP contribution is 2.21. The van der Waals surface area contributed by atoms with Crippen molar-refractivity contribution < 1.29 is 4.79 Å². The summed E-state index contributed by atoms with van der Waals surface area (Å²) in [4.78, 5) is 25.1. The Hall–Kier alpha value is -3.18. The van der Waals surface area contributed by atoms with E-state index < -0.39 is 0 Å². The number of aromatic amines is 1. The number of fused-ring (bicyclic) bond motifs is 2. The molecule has 1 aliphatic rings. The maximum absolute atomic E-state index is 12.8. The Bertz CT molecular complexity index is 1170. The molecule has 1 amide bonds. The molecule has 1 aliphatic heterocycles. The smallest absolute Gasteiger partial charge is 0.222 e. The molecule has 2 aromatic heterocycles. The number of hydrogen-bond donors (Lipinski definition) is 1. The van der Waals surface area contributed by atoms with Crippen molar-refractivity contribution in [3.8, 4) is 0 Å². The van der Waals surface area contributed by atoms with Crippen LogP contribution in [0.15, 0.2) is 67.0 Å². The van der Waals surface area contributed by atoms with Crippen molar-refractivity contribution in [2.75, 3.05) is 26.2 Å². The topological polar surface area (TPSA) is 52.2 Å². The van der Waals surface area contributed by atoms with Gasteiger partial charge in [-0.05, 0) is 29.7 Å². The molecule has 0 saturated carbocycles. The van der Waals surface area contributed by atoms with E-state index in [9.17, 15) is 4.79 Å². The van der Waals surface area contributed by atoms with Gasteiger partial charge in [-0.15, -0.1) is 0 Å². The molecule has 152 valence electrons. The molecule has 30 heavy (non-hydrogen) atoms. The van der Waals surface area contributed by atoms with Gasteiger partial charge in [0.05, 0.1) is 5.52 Å². The fraction of sp³-hybridized carbons (Fsp3) is 0.280. The Morgan fingerprint density at radius 3 is 2.67 bits per heavy atom. The van der Waals surface area contributed by atoms with Gasteiger partial charge in [-0.2, -0.15) is 0 Å². The number of pyridine rings is 1. The number of rotatable bonds is 5. The minimum absolute atomic E-state index is 0.256. The van der Waals surface area contributed by atoms with Crippen LogP contribution < -0.4 is 0 Å². The number of para-hydroxylation sites is 2. The van der Waals surface area contributed by atoms with Crippen LogP contribution in [0, 0.1) is 0 Å². The lowest BCUT2D eigenvalue weighted by Gasteiger charge is -2.35. The largest absolute Gasteiger partial charge is 0.361 e. The Labute approximate surface area is 176 Å². The number of piperazine rings is 1. The van der Waals surface area contributed by atoms with E-state index in [4.69, 9.17) is 0 Å². The molecule has 0 spiro atoms. The van der Waals surface area contributed by atoms with Crippen LogP contribution in [0.1, 0.15) is 17.5 Å². The lowest BCUT2D eigenvalue weighted by atomic mass is 10.1. The molecule has 0 aliphatic carbocycles. The first-order chi connectivity index (χ1) is 14.8. The van der Waals surface area contributed by atoms with E-state index in [0.717, 1.165) is 50.2 Å². The summed E-state index contributed by atoms with van der Waals surface area (Å²) in [7, 11) is 0. The zero-order valence-corrected chi connectivity index (χ0v) is 17.1. The van der Waals surface area contributed by atoms with Gasteiger partial charge >= 0.3 is 0 Å². The monoisotopic (exact) mass is 398 g/mol. The first-order valence-electron chi connectivity index (χ1n) is 10.7. The molecule has 2 aromatic carbocycles. The summed E-state index contributed by atoms with van der Waals surface area (Å²) in [6.07, 6.45) is 5.24. The molecule has 1 fully saturated rings. The quantitative estimate of drug-likeness (QED) is 0.553. The SMILES string of the molecule is O=C(CCc1c[nH]c2ccccc12)N1CCN(Cc2cccc3cccnc23)CC1. The molecule has 0 unspecified atom stereocenters. The second-order valence-corrected chi connectivity index (χ2v) is 8.01. The van der Waals surface area contributed by atoms with Crippen molar-refractivity contribution in [3.05, 3.63) is 78.1 Å². The number of aromatic nitrogens is 2. The summed E-state index contributed by atoms with van der Waals surface area (Å²) in [5, 5.41) is 2.40. The molecule has 3 heterocycles. The summed E-state index contributed by atoms with van der Waals surface area (Å²) in [5.74, 6) is 0.256. The van der Waals surface area contributed by atoms with Gasteiger partial charge in [-0.3, -0.25) is 14.7 Å². The highest BCUT2D eigenvalue weighted by molar-refractivity contribution is 5.84. The highest BCUT2D eigenvalue weighted by atomic mass is 16.2. The van der Waals surface area contributed by atoms with Gasteiger partial charge in [-0.25, -0.2) is 0 Å². The Morgan fingerprint density at radius 1 is 0.933 bits per heavy atom. The molecule has 5 rings (SSSR count). The molecule has 0 bridgehead atoms. The minimum Gasteiger partial charge on any atom is -0.361 e. The van der Waals surface area contributed by atoms with Crippen LogP contribution in [0.4, 0.5) is 0 Å². The molecule has 1 N–H and O–H groups in total. The number of aryl methyl sites for hydroxylation is 1. The van der Waals surface area contributed by atoms with Crippen LogP contribution >= 0.6 is 0 Å². The van der Waals surface area contributed by atoms with Crippen molar-refractivity contribution in [1.29, 1.82) is 0 Å². The van der Waals surface area contributed by atoms with E-state index >= 15 is 0 Å². The zero-order valence-electron chi connectivity index (χ0n) is 17.1. The van der Waals surface area contributed by atoms with E-state index in [2.05, 4.69) is 51.3 Å². The summed E-state index contributed by atoms with van der Waals surface area (Å²) in [6.45, 7) is 4.28. The van der Waals surface area contributed by atoms with Crippen LogP contribution in [0.5, 0.6) is 0 Å². The van der Waals surface area contributed by atoms with Crippen molar-refractivity contribution in [2.24, 2.45) is 0 Å². The number of nitrogens with zero attached hydrogens (tertiary/aromatic N) is 3. The normalized spacial score (nSPS) is 15.1. The van der Waals surface area contributed by atoms with Gasteiger partial charge in [0.2, 0.25) is 5.91 Å². The average molecular weight is 399 g/mol. The second kappa shape index (κ2) is 8.28. The van der Waals surface area contributed by atoms with Gasteiger partial charge in [0.1, 0.15) is 0 Å². The minimum atomic E-state index is 0.256. The predicted octanol–water partition coefficient (Wildman–Crippen LogP) is 3.99. The van der Waals surface area contributed by atoms with Gasteiger partial charge in [0.15, 0.2) is 0 Å². The third-order valence-electron chi connectivity index (χ3n) is 6.12. The number of benzene rings is 2. The van der Waals surface area contributed by atoms with Crippen LogP contribution in [0.2, 0.25) is 0 Å². The van der Waals surface area contributed by atoms with E-state index in [-0.39, 0.29) is 5.91 Å². The summed E-state index contributed by atoms with van der Waals surface area (Å²) < 4.78 is 0. The maximum atomic E-state index is 12.8. The standard InChI is InChI=1S/C25H26N4O/c30-24(11-10-20-17-27-23-9-2-1-8-22(20)23)29-15-13-28(14-16-29)18-21-6-3-5-19-7-4-12-26-25(19)21/h1-9,12,17,27H,10-11,13-16,18H2. The molecule has 0 atom stereocenters. The first kappa shape index (κ1) is 18.8. The first-order valence-corrected chi connectivity index (χ1v) is 10.7. The third kappa shape index (κ3) is 3.81. The number of carbonyl (C=O) groups is 1. The lowest BCUT2D eigenvalue weighted by Crippen LogP contribution is -2.48. The molecule has 5 nitrogen and oxygen atoms in total. The molecular weight excluding hydrogens is 372 g/mol. The lowest BCUT2D eigenvalue weighted by molar-refractivity contribution is -0.132. The van der Waals surface area contributed by atoms with Crippen molar-refractivity contribution in [2.45, 2.75) is 19.4 Å². The van der Waals surface area contributed by atoms with E-state index in [1.807, 2.05) is 35.5 Å². The molecule has 4 aromatic rings. The van der Waals surface area contributed by atoms with Crippen LogP contribution in [0.25, 0.3) is 21.8 Å². The Morgan fingerprint density at radius 2 is 1.77 bits per heavy atom. The number of amides is 1. The van der Waals surface area contributed by atoms with Crippen molar-refractivity contribution in [1.82, 2.24) is 19.8 Å². The van der Waals surface area contributed by atoms with E-state index in [1.165, 1.54) is 21.9 Å². The zero-order chi connectivity index (χ0) is 20.3. The maximum Gasteiger partial charge on any atom is 0.222 e.